The molecular formula is C17H29F2IN4O3S. The van der Waals surface area contributed by atoms with Gasteiger partial charge in [0.2, 0.25) is 10.0 Å². The summed E-state index contributed by atoms with van der Waals surface area (Å²) in [6.07, 6.45) is 0.598. The number of sulfonamides is 1. The van der Waals surface area contributed by atoms with Crippen LogP contribution in [0.25, 0.3) is 0 Å². The SMILES string of the molecule is CCS(=O)(=O)N(C)CCCNC(=NC)NCc1cc(C)ccc1OC(F)F.I. The Morgan fingerprint density at radius 3 is 2.57 bits per heavy atom. The first-order valence-electron chi connectivity index (χ1n) is 8.62. The molecule has 1 aromatic carbocycles. The minimum absolute atomic E-state index is 0. The number of rotatable bonds is 10. The summed E-state index contributed by atoms with van der Waals surface area (Å²) in [5.74, 6) is 0.671. The summed E-state index contributed by atoms with van der Waals surface area (Å²) < 4.78 is 54.3. The number of hydrogen-bond acceptors (Lipinski definition) is 4. The molecule has 0 aromatic heterocycles. The molecule has 0 aliphatic carbocycles. The first-order valence-corrected chi connectivity index (χ1v) is 10.2. The van der Waals surface area contributed by atoms with Gasteiger partial charge < -0.3 is 15.4 Å². The fraction of sp³-hybridized carbons (Fsp3) is 0.588. The first-order chi connectivity index (χ1) is 12.7. The Hall–Kier alpha value is -1.21. The number of nitrogens with one attached hydrogen (secondary N) is 2. The molecule has 28 heavy (non-hydrogen) atoms. The number of benzene rings is 1. The highest BCUT2D eigenvalue weighted by atomic mass is 127. The van der Waals surface area contributed by atoms with E-state index in [2.05, 4.69) is 20.4 Å². The van der Waals surface area contributed by atoms with Gasteiger partial charge in [0.25, 0.3) is 0 Å². The lowest BCUT2D eigenvalue weighted by molar-refractivity contribution is -0.0504. The van der Waals surface area contributed by atoms with Crippen molar-refractivity contribution >= 4 is 40.0 Å². The van der Waals surface area contributed by atoms with Gasteiger partial charge in [0.1, 0.15) is 5.75 Å². The van der Waals surface area contributed by atoms with Crippen LogP contribution < -0.4 is 15.4 Å². The zero-order valence-corrected chi connectivity index (χ0v) is 19.7. The minimum atomic E-state index is -3.19. The first kappa shape index (κ1) is 26.8. The van der Waals surface area contributed by atoms with Crippen LogP contribution in [0.4, 0.5) is 8.78 Å². The van der Waals surface area contributed by atoms with Crippen molar-refractivity contribution in [2.75, 3.05) is 32.9 Å². The van der Waals surface area contributed by atoms with Gasteiger partial charge in [-0.2, -0.15) is 8.78 Å². The van der Waals surface area contributed by atoms with Crippen LogP contribution in [-0.4, -0.2) is 58.2 Å². The van der Waals surface area contributed by atoms with Crippen molar-refractivity contribution in [2.45, 2.75) is 33.4 Å². The zero-order chi connectivity index (χ0) is 20.4. The molecule has 0 bridgehead atoms. The molecule has 0 spiro atoms. The average Bonchev–Trinajstić information content (AvgIpc) is 2.62. The fourth-order valence-corrected chi connectivity index (χ4v) is 3.17. The predicted molar refractivity (Wildman–Crippen MR) is 118 cm³/mol. The summed E-state index contributed by atoms with van der Waals surface area (Å²) in [4.78, 5) is 4.07. The molecule has 162 valence electrons. The van der Waals surface area contributed by atoms with Gasteiger partial charge in [-0.1, -0.05) is 17.7 Å². The molecule has 0 saturated heterocycles. The molecule has 0 atom stereocenters. The molecule has 0 aliphatic rings. The van der Waals surface area contributed by atoms with Crippen molar-refractivity contribution in [1.29, 1.82) is 0 Å². The van der Waals surface area contributed by atoms with Crippen LogP contribution in [-0.2, 0) is 16.6 Å². The lowest BCUT2D eigenvalue weighted by Gasteiger charge is -2.17. The van der Waals surface area contributed by atoms with E-state index >= 15 is 0 Å². The van der Waals surface area contributed by atoms with Gasteiger partial charge in [-0.3, -0.25) is 4.99 Å². The number of aryl methyl sites for hydroxylation is 1. The molecule has 0 fully saturated rings. The van der Waals surface area contributed by atoms with Gasteiger partial charge in [-0.05, 0) is 26.3 Å². The number of guanidine groups is 1. The lowest BCUT2D eigenvalue weighted by atomic mass is 10.1. The van der Waals surface area contributed by atoms with Gasteiger partial charge in [0.05, 0.1) is 5.75 Å². The van der Waals surface area contributed by atoms with E-state index in [1.54, 1.807) is 33.2 Å². The second-order valence-corrected chi connectivity index (χ2v) is 8.28. The Morgan fingerprint density at radius 2 is 2.00 bits per heavy atom. The second kappa shape index (κ2) is 13.1. The second-order valence-electron chi connectivity index (χ2n) is 5.92. The molecule has 0 radical (unpaired) electrons. The lowest BCUT2D eigenvalue weighted by Crippen LogP contribution is -2.38. The quantitative estimate of drug-likeness (QED) is 0.209. The Balaban J connectivity index is 0.00000729. The van der Waals surface area contributed by atoms with E-state index in [0.29, 0.717) is 31.0 Å². The van der Waals surface area contributed by atoms with Crippen LogP contribution >= 0.6 is 24.0 Å². The van der Waals surface area contributed by atoms with Crippen LogP contribution in [0, 0.1) is 6.92 Å². The number of nitrogens with zero attached hydrogens (tertiary/aromatic N) is 2. The van der Waals surface area contributed by atoms with Crippen LogP contribution in [0.1, 0.15) is 24.5 Å². The van der Waals surface area contributed by atoms with Gasteiger partial charge in [-0.15, -0.1) is 24.0 Å². The zero-order valence-electron chi connectivity index (χ0n) is 16.5. The summed E-state index contributed by atoms with van der Waals surface area (Å²) in [6.45, 7) is 1.74. The maximum Gasteiger partial charge on any atom is 0.387 e. The molecule has 1 rings (SSSR count). The Labute approximate surface area is 183 Å². The molecule has 7 nitrogen and oxygen atoms in total. The number of halogens is 3. The largest absolute Gasteiger partial charge is 0.434 e. The third-order valence-electron chi connectivity index (χ3n) is 3.88. The van der Waals surface area contributed by atoms with Crippen molar-refractivity contribution in [1.82, 2.24) is 14.9 Å². The minimum Gasteiger partial charge on any atom is -0.434 e. The number of hydrogen-bond donors (Lipinski definition) is 2. The predicted octanol–water partition coefficient (Wildman–Crippen LogP) is 2.55. The standard InChI is InChI=1S/C17H28F2N4O3S.HI/c1-5-27(24,25)23(4)10-6-9-21-17(20-3)22-12-14-11-13(2)7-8-15(14)26-16(18)19;/h7-8,11,16H,5-6,9-10,12H2,1-4H3,(H2,20,21,22);1H. The number of alkyl halides is 2. The van der Waals surface area contributed by atoms with E-state index in [9.17, 15) is 17.2 Å². The smallest absolute Gasteiger partial charge is 0.387 e. The highest BCUT2D eigenvalue weighted by Crippen LogP contribution is 2.21. The van der Waals surface area contributed by atoms with Crippen molar-refractivity contribution in [3.05, 3.63) is 29.3 Å². The molecule has 0 heterocycles. The third-order valence-corrected chi connectivity index (χ3v) is 5.75. The molecular weight excluding hydrogens is 505 g/mol. The Kier molecular flexibility index (Phi) is 12.5. The summed E-state index contributed by atoms with van der Waals surface area (Å²) in [6, 6.07) is 4.98. The van der Waals surface area contributed by atoms with Crippen LogP contribution in [0.5, 0.6) is 5.75 Å². The molecule has 11 heteroatoms. The maximum absolute atomic E-state index is 12.5. The van der Waals surface area contributed by atoms with Crippen LogP contribution in [0.2, 0.25) is 0 Å². The maximum atomic E-state index is 12.5. The van der Waals surface area contributed by atoms with E-state index in [-0.39, 0.29) is 42.0 Å². The third kappa shape index (κ3) is 9.32. The number of aliphatic imine (C=N–C) groups is 1. The molecule has 2 N–H and O–H groups in total. The summed E-state index contributed by atoms with van der Waals surface area (Å²) in [5, 5.41) is 6.11. The van der Waals surface area contributed by atoms with E-state index in [1.165, 1.54) is 10.4 Å². The normalized spacial score (nSPS) is 12.1. The van der Waals surface area contributed by atoms with Crippen molar-refractivity contribution in [3.8, 4) is 5.75 Å². The van der Waals surface area contributed by atoms with Gasteiger partial charge in [0, 0.05) is 39.3 Å². The van der Waals surface area contributed by atoms with E-state index < -0.39 is 16.6 Å². The van der Waals surface area contributed by atoms with E-state index in [1.807, 2.05) is 6.92 Å². The van der Waals surface area contributed by atoms with Gasteiger partial charge in [0.15, 0.2) is 5.96 Å². The summed E-state index contributed by atoms with van der Waals surface area (Å²) >= 11 is 0. The Bertz CT molecular complexity index is 733. The molecule has 0 amide bonds. The molecule has 0 saturated carbocycles. The molecule has 1 aromatic rings. The van der Waals surface area contributed by atoms with E-state index in [4.69, 9.17) is 0 Å². The Morgan fingerprint density at radius 1 is 1.32 bits per heavy atom. The van der Waals surface area contributed by atoms with Crippen LogP contribution in [0.3, 0.4) is 0 Å². The van der Waals surface area contributed by atoms with Crippen molar-refractivity contribution in [3.63, 3.8) is 0 Å². The van der Waals surface area contributed by atoms with Gasteiger partial charge in [-0.25, -0.2) is 12.7 Å². The average molecular weight is 534 g/mol. The van der Waals surface area contributed by atoms with E-state index in [0.717, 1.165) is 5.56 Å². The summed E-state index contributed by atoms with van der Waals surface area (Å²) in [7, 11) is -0.0422. The fourth-order valence-electron chi connectivity index (χ4n) is 2.32. The highest BCUT2D eigenvalue weighted by molar-refractivity contribution is 14.0. The summed E-state index contributed by atoms with van der Waals surface area (Å²) in [5.41, 5.74) is 1.52. The number of ether oxygens (including phenoxy) is 1. The van der Waals surface area contributed by atoms with Crippen molar-refractivity contribution in [2.24, 2.45) is 4.99 Å². The van der Waals surface area contributed by atoms with Crippen LogP contribution in [0.15, 0.2) is 23.2 Å². The highest BCUT2D eigenvalue weighted by Gasteiger charge is 2.14. The topological polar surface area (TPSA) is 83.0 Å². The monoisotopic (exact) mass is 534 g/mol. The molecule has 0 aliphatic heterocycles. The van der Waals surface area contributed by atoms with Gasteiger partial charge >= 0.3 is 6.61 Å². The molecule has 0 unspecified atom stereocenters. The van der Waals surface area contributed by atoms with Crippen molar-refractivity contribution < 1.29 is 21.9 Å².